The molecule has 4 nitrogen and oxygen atoms in total. The van der Waals surface area contributed by atoms with E-state index in [1.807, 2.05) is 0 Å². The van der Waals surface area contributed by atoms with Gasteiger partial charge in [0.2, 0.25) is 5.91 Å². The number of carbonyl (C=O) groups excluding carboxylic acids is 1. The minimum atomic E-state index is -5.05. The van der Waals surface area contributed by atoms with Crippen molar-refractivity contribution in [3.63, 3.8) is 0 Å². The second-order valence-corrected chi connectivity index (χ2v) is 6.01. The molecule has 3 N–H and O–H groups in total. The molecule has 0 aliphatic heterocycles. The average molecular weight is 409 g/mol. The molecule has 150 valence electrons. The van der Waals surface area contributed by atoms with Crippen molar-refractivity contribution in [1.82, 2.24) is 0 Å². The summed E-state index contributed by atoms with van der Waals surface area (Å²) in [5.74, 6) is -3.90. The van der Waals surface area contributed by atoms with Crippen LogP contribution in [0.25, 0.3) is 22.3 Å². The fourth-order valence-corrected chi connectivity index (χ4v) is 2.88. The molecule has 3 aromatic rings. The molecule has 1 amide bonds. The Morgan fingerprint density at radius 2 is 1.48 bits per heavy atom. The predicted octanol–water partition coefficient (Wildman–Crippen LogP) is 5.00. The number of hydrogen-bond acceptors (Lipinski definition) is 3. The van der Waals surface area contributed by atoms with E-state index in [0.717, 1.165) is 24.3 Å². The van der Waals surface area contributed by atoms with Crippen LogP contribution in [0.15, 0.2) is 54.6 Å². The van der Waals surface area contributed by atoms with Crippen LogP contribution in [-0.2, 0) is 0 Å². The zero-order valence-electron chi connectivity index (χ0n) is 14.4. The molecule has 0 heterocycles. The summed E-state index contributed by atoms with van der Waals surface area (Å²) in [7, 11) is 0. The third-order valence-electron chi connectivity index (χ3n) is 3.94. The highest BCUT2D eigenvalue weighted by Crippen LogP contribution is 2.40. The van der Waals surface area contributed by atoms with Gasteiger partial charge in [-0.05, 0) is 53.1 Å². The molecule has 29 heavy (non-hydrogen) atoms. The van der Waals surface area contributed by atoms with Gasteiger partial charge in [0.15, 0.2) is 0 Å². The van der Waals surface area contributed by atoms with Crippen molar-refractivity contribution >= 4 is 5.91 Å². The molecule has 3 rings (SSSR count). The minimum Gasteiger partial charge on any atom is -0.508 e. The zero-order chi connectivity index (χ0) is 21.3. The summed E-state index contributed by atoms with van der Waals surface area (Å²) >= 11 is 0. The fraction of sp³-hybridized carbons (Fsp3) is 0.0500. The molecule has 9 heteroatoms. The monoisotopic (exact) mass is 409 g/mol. The van der Waals surface area contributed by atoms with Gasteiger partial charge in [-0.2, -0.15) is 0 Å². The molecule has 3 aromatic carbocycles. The molecule has 0 unspecified atom stereocenters. The molecule has 0 spiro atoms. The topological polar surface area (TPSA) is 72.6 Å². The molecule has 0 fully saturated rings. The zero-order valence-corrected chi connectivity index (χ0v) is 14.4. The summed E-state index contributed by atoms with van der Waals surface area (Å²) < 4.78 is 69.6. The molecular weight excluding hydrogens is 397 g/mol. The first-order valence-corrected chi connectivity index (χ1v) is 8.03. The molecular formula is C20H12F5NO3. The lowest BCUT2D eigenvalue weighted by molar-refractivity contribution is -0.274. The Balaban J connectivity index is 2.37. The van der Waals surface area contributed by atoms with E-state index < -0.39 is 35.2 Å². The minimum absolute atomic E-state index is 0.00875. The lowest BCUT2D eigenvalue weighted by atomic mass is 9.89. The van der Waals surface area contributed by atoms with Crippen LogP contribution >= 0.6 is 0 Å². The van der Waals surface area contributed by atoms with Gasteiger partial charge in [-0.25, -0.2) is 8.78 Å². The van der Waals surface area contributed by atoms with E-state index in [-0.39, 0.29) is 28.0 Å². The van der Waals surface area contributed by atoms with Crippen LogP contribution in [0.1, 0.15) is 10.4 Å². The number of ether oxygens (including phenoxy) is 1. The number of phenols is 1. The maximum absolute atomic E-state index is 13.8. The third-order valence-corrected chi connectivity index (χ3v) is 3.94. The molecule has 0 saturated heterocycles. The number of amides is 1. The highest BCUT2D eigenvalue weighted by atomic mass is 19.4. The van der Waals surface area contributed by atoms with Crippen molar-refractivity contribution in [2.45, 2.75) is 6.36 Å². The maximum atomic E-state index is 13.8. The van der Waals surface area contributed by atoms with E-state index >= 15 is 0 Å². The molecule has 0 radical (unpaired) electrons. The summed E-state index contributed by atoms with van der Waals surface area (Å²) in [6, 6.07) is 9.37. The van der Waals surface area contributed by atoms with Gasteiger partial charge in [0.1, 0.15) is 23.1 Å². The summed E-state index contributed by atoms with van der Waals surface area (Å²) in [5.41, 5.74) is 4.94. The largest absolute Gasteiger partial charge is 0.573 e. The molecule has 0 aliphatic rings. The Bertz CT molecular complexity index is 1060. The van der Waals surface area contributed by atoms with E-state index in [2.05, 4.69) is 4.74 Å². The number of primary amides is 1. The van der Waals surface area contributed by atoms with Gasteiger partial charge in [-0.15, -0.1) is 13.2 Å². The van der Waals surface area contributed by atoms with Crippen molar-refractivity contribution in [3.8, 4) is 33.8 Å². The highest BCUT2D eigenvalue weighted by molar-refractivity contribution is 6.04. The Morgan fingerprint density at radius 3 is 2.00 bits per heavy atom. The smallest absolute Gasteiger partial charge is 0.508 e. The molecule has 0 bridgehead atoms. The van der Waals surface area contributed by atoms with Gasteiger partial charge in [0.05, 0.1) is 5.56 Å². The van der Waals surface area contributed by atoms with Gasteiger partial charge < -0.3 is 15.6 Å². The van der Waals surface area contributed by atoms with E-state index in [1.54, 1.807) is 0 Å². The van der Waals surface area contributed by atoms with Gasteiger partial charge in [-0.1, -0.05) is 12.1 Å². The first-order valence-electron chi connectivity index (χ1n) is 8.03. The van der Waals surface area contributed by atoms with Crippen molar-refractivity contribution in [3.05, 3.63) is 71.8 Å². The first-order chi connectivity index (χ1) is 13.5. The number of halogens is 5. The number of rotatable bonds is 4. The average Bonchev–Trinajstić information content (AvgIpc) is 2.59. The number of nitrogens with two attached hydrogens (primary N) is 1. The number of benzene rings is 3. The van der Waals surface area contributed by atoms with Gasteiger partial charge in [0, 0.05) is 11.6 Å². The summed E-state index contributed by atoms with van der Waals surface area (Å²) in [5, 5.41) is 9.47. The van der Waals surface area contributed by atoms with Crippen LogP contribution in [0, 0.1) is 11.6 Å². The highest BCUT2D eigenvalue weighted by Gasteiger charge is 2.32. The third kappa shape index (κ3) is 4.63. The molecule has 0 aromatic heterocycles. The van der Waals surface area contributed by atoms with E-state index in [9.17, 15) is 31.9 Å². The SMILES string of the molecule is NC(=O)c1cc(OC(F)(F)F)cc(-c2ccc(O)cc2)c1-c1cc(F)cc(F)c1. The Kier molecular flexibility index (Phi) is 5.15. The van der Waals surface area contributed by atoms with Gasteiger partial charge in [0.25, 0.3) is 0 Å². The van der Waals surface area contributed by atoms with Crippen LogP contribution in [-0.4, -0.2) is 17.4 Å². The molecule has 0 saturated carbocycles. The van der Waals surface area contributed by atoms with Crippen molar-refractivity contribution < 1.29 is 36.6 Å². The standard InChI is InChI=1S/C20H12F5NO3/c21-12-5-11(6-13(22)7-12)18-16(10-1-3-14(27)4-2-10)8-15(29-20(23,24)25)9-17(18)19(26)28/h1-9,27H,(H2,26,28). The first kappa shape index (κ1) is 20.1. The van der Waals surface area contributed by atoms with Crippen molar-refractivity contribution in [2.75, 3.05) is 0 Å². The normalized spacial score (nSPS) is 11.3. The van der Waals surface area contributed by atoms with Crippen LogP contribution < -0.4 is 10.5 Å². The summed E-state index contributed by atoms with van der Waals surface area (Å²) in [4.78, 5) is 12.0. The molecule has 0 atom stereocenters. The summed E-state index contributed by atoms with van der Waals surface area (Å²) in [6.07, 6.45) is -5.05. The fourth-order valence-electron chi connectivity index (χ4n) is 2.88. The predicted molar refractivity (Wildman–Crippen MR) is 94.1 cm³/mol. The van der Waals surface area contributed by atoms with Gasteiger partial charge >= 0.3 is 6.36 Å². The van der Waals surface area contributed by atoms with Crippen LogP contribution in [0.5, 0.6) is 11.5 Å². The lowest BCUT2D eigenvalue weighted by Gasteiger charge is -2.18. The Morgan fingerprint density at radius 1 is 0.897 bits per heavy atom. The van der Waals surface area contributed by atoms with Crippen LogP contribution in [0.2, 0.25) is 0 Å². The second-order valence-electron chi connectivity index (χ2n) is 6.01. The second kappa shape index (κ2) is 7.42. The number of aromatic hydroxyl groups is 1. The maximum Gasteiger partial charge on any atom is 0.573 e. The van der Waals surface area contributed by atoms with E-state index in [0.29, 0.717) is 6.07 Å². The van der Waals surface area contributed by atoms with Crippen LogP contribution in [0.3, 0.4) is 0 Å². The lowest BCUT2D eigenvalue weighted by Crippen LogP contribution is -2.19. The molecule has 0 aliphatic carbocycles. The number of alkyl halides is 3. The van der Waals surface area contributed by atoms with E-state index in [1.165, 1.54) is 24.3 Å². The summed E-state index contributed by atoms with van der Waals surface area (Å²) in [6.45, 7) is 0. The van der Waals surface area contributed by atoms with Crippen LogP contribution in [0.4, 0.5) is 22.0 Å². The van der Waals surface area contributed by atoms with Crippen molar-refractivity contribution in [1.29, 1.82) is 0 Å². The van der Waals surface area contributed by atoms with Gasteiger partial charge in [-0.3, -0.25) is 4.79 Å². The number of hydrogen-bond donors (Lipinski definition) is 2. The number of phenolic OH excluding ortho intramolecular Hbond substituents is 1. The van der Waals surface area contributed by atoms with Crippen molar-refractivity contribution in [2.24, 2.45) is 5.73 Å². The number of carbonyl (C=O) groups is 1. The Hall–Kier alpha value is -3.62. The Labute approximate surface area is 161 Å². The van der Waals surface area contributed by atoms with E-state index in [4.69, 9.17) is 5.73 Å². The quantitative estimate of drug-likeness (QED) is 0.596.